The number of carbonyl (C=O) groups excluding carboxylic acids is 2. The maximum atomic E-state index is 12.9. The van der Waals surface area contributed by atoms with Gasteiger partial charge in [-0.25, -0.2) is 13.9 Å². The standard InChI is InChI=1S/C49H85N3O16P2/c1-4-5-6-7-8-9-10-11-14-17-20-23-26-30-40(53)31-28-33-44(54)63-36-41(66-45(55)32-27-24-21-18-15-12-13-16-19-22-25-29-39(2)3)37-64-69(59,60)68-70(61,62)65-38-42-46(56)47(57)48(67-42)52-35-34-43(50)51-49(52)58/h11,14,20,23,26,30,34-35,39-42,46-48,53,56-57H,4-10,12-13,15-19,21-22,24-25,27-29,31-33,36-38H2,1-3H3,(H,59,60)(H,61,62)(H2,50,51,58)/b14-11+,23-20+,30-26+/t40?,41-,42-,46-,47-,48-/m1/s1. The van der Waals surface area contributed by atoms with Gasteiger partial charge in [0, 0.05) is 19.0 Å². The molecule has 1 saturated heterocycles. The van der Waals surface area contributed by atoms with Crippen molar-refractivity contribution in [3.05, 3.63) is 59.2 Å². The lowest BCUT2D eigenvalue weighted by Gasteiger charge is -2.21. The van der Waals surface area contributed by atoms with Gasteiger partial charge in [-0.05, 0) is 50.5 Å². The second-order valence-corrected chi connectivity index (χ2v) is 21.4. The largest absolute Gasteiger partial charge is 0.481 e. The lowest BCUT2D eigenvalue weighted by atomic mass is 10.0. The average Bonchev–Trinajstić information content (AvgIpc) is 3.58. The minimum Gasteiger partial charge on any atom is -0.462 e. The first-order chi connectivity index (χ1) is 33.4. The van der Waals surface area contributed by atoms with Gasteiger partial charge in [-0.1, -0.05) is 160 Å². The van der Waals surface area contributed by atoms with E-state index in [9.17, 15) is 48.6 Å². The molecule has 0 saturated carbocycles. The van der Waals surface area contributed by atoms with E-state index >= 15 is 0 Å². The van der Waals surface area contributed by atoms with Crippen molar-refractivity contribution in [2.24, 2.45) is 5.92 Å². The number of aromatic nitrogens is 2. The molecule has 2 rings (SSSR count). The summed E-state index contributed by atoms with van der Waals surface area (Å²) >= 11 is 0. The van der Waals surface area contributed by atoms with Gasteiger partial charge in [0.05, 0.1) is 19.3 Å². The highest BCUT2D eigenvalue weighted by molar-refractivity contribution is 7.61. The maximum absolute atomic E-state index is 12.9. The van der Waals surface area contributed by atoms with Gasteiger partial charge in [0.2, 0.25) is 0 Å². The number of nitrogens with zero attached hydrogens (tertiary/aromatic N) is 2. The molecule has 0 amide bonds. The Morgan fingerprint density at radius 1 is 0.786 bits per heavy atom. The number of allylic oxidation sites excluding steroid dienone is 5. The van der Waals surface area contributed by atoms with Crippen molar-refractivity contribution in [1.82, 2.24) is 9.55 Å². The molecular formula is C49H85N3O16P2. The molecule has 2 heterocycles. The third-order valence-corrected chi connectivity index (χ3v) is 14.1. The van der Waals surface area contributed by atoms with Crippen molar-refractivity contribution in [3.63, 3.8) is 0 Å². The summed E-state index contributed by atoms with van der Waals surface area (Å²) in [7, 11) is -10.9. The van der Waals surface area contributed by atoms with Gasteiger partial charge >= 0.3 is 33.3 Å². The average molecular weight is 1030 g/mol. The summed E-state index contributed by atoms with van der Waals surface area (Å²) < 4.78 is 56.6. The van der Waals surface area contributed by atoms with Crippen LogP contribution in [-0.2, 0) is 46.3 Å². The van der Waals surface area contributed by atoms with Gasteiger partial charge in [-0.2, -0.15) is 9.29 Å². The van der Waals surface area contributed by atoms with Crippen LogP contribution in [0.1, 0.15) is 181 Å². The topological polar surface area (TPSA) is 286 Å². The number of unbranched alkanes of at least 4 members (excludes halogenated alkanes) is 16. The monoisotopic (exact) mass is 1030 g/mol. The Balaban J connectivity index is 1.85. The number of nitrogen functional groups attached to an aromatic ring is 1. The normalized spacial score (nSPS) is 20.1. The van der Waals surface area contributed by atoms with Crippen LogP contribution in [0.4, 0.5) is 5.82 Å². The third kappa shape index (κ3) is 30.1. The Kier molecular flexibility index (Phi) is 33.1. The molecule has 19 nitrogen and oxygen atoms in total. The molecule has 21 heteroatoms. The molecule has 1 aromatic rings. The first-order valence-corrected chi connectivity index (χ1v) is 28.5. The predicted octanol–water partition coefficient (Wildman–Crippen LogP) is 9.22. The summed E-state index contributed by atoms with van der Waals surface area (Å²) in [5.41, 5.74) is 4.57. The third-order valence-electron chi connectivity index (χ3n) is 11.5. The second-order valence-electron chi connectivity index (χ2n) is 18.4. The fraction of sp³-hybridized carbons (Fsp3) is 0.755. The molecule has 70 heavy (non-hydrogen) atoms. The molecule has 0 aliphatic carbocycles. The van der Waals surface area contributed by atoms with E-state index in [1.807, 2.05) is 12.2 Å². The highest BCUT2D eigenvalue weighted by Crippen LogP contribution is 2.60. The molecular weight excluding hydrogens is 948 g/mol. The Morgan fingerprint density at radius 3 is 2.06 bits per heavy atom. The van der Waals surface area contributed by atoms with Crippen LogP contribution in [0.3, 0.4) is 0 Å². The molecule has 0 radical (unpaired) electrons. The summed E-state index contributed by atoms with van der Waals surface area (Å²) in [4.78, 5) is 61.9. The maximum Gasteiger partial charge on any atom is 0.481 e. The van der Waals surface area contributed by atoms with E-state index in [4.69, 9.17) is 29.0 Å². The van der Waals surface area contributed by atoms with Crippen LogP contribution in [0.15, 0.2) is 53.5 Å². The summed E-state index contributed by atoms with van der Waals surface area (Å²) in [6.45, 7) is 4.25. The second kappa shape index (κ2) is 36.8. The van der Waals surface area contributed by atoms with Crippen molar-refractivity contribution in [2.75, 3.05) is 25.6 Å². The van der Waals surface area contributed by atoms with Crippen LogP contribution in [0, 0.1) is 5.92 Å². The molecule has 7 N–H and O–H groups in total. The molecule has 1 aliphatic heterocycles. The quantitative estimate of drug-likeness (QED) is 0.0117. The number of ether oxygens (including phenoxy) is 3. The molecule has 8 atom stereocenters. The van der Waals surface area contributed by atoms with Crippen LogP contribution in [-0.4, -0.2) is 96.9 Å². The summed E-state index contributed by atoms with van der Waals surface area (Å²) in [5, 5.41) is 31.3. The number of phosphoric acid groups is 2. The Bertz CT molecular complexity index is 1850. The van der Waals surface area contributed by atoms with Gasteiger partial charge in [0.25, 0.3) is 0 Å². The molecule has 0 aromatic carbocycles. The van der Waals surface area contributed by atoms with Crippen LogP contribution in [0.5, 0.6) is 0 Å². The minimum atomic E-state index is -5.46. The van der Waals surface area contributed by atoms with Gasteiger partial charge in [-0.15, -0.1) is 0 Å². The molecule has 0 bridgehead atoms. The Labute approximate surface area is 415 Å². The van der Waals surface area contributed by atoms with Crippen molar-refractivity contribution in [1.29, 1.82) is 0 Å². The number of carbonyl (C=O) groups is 2. The highest BCUT2D eigenvalue weighted by Gasteiger charge is 2.46. The van der Waals surface area contributed by atoms with Gasteiger partial charge < -0.3 is 45.1 Å². The first-order valence-electron chi connectivity index (χ1n) is 25.5. The van der Waals surface area contributed by atoms with Crippen LogP contribution in [0.25, 0.3) is 0 Å². The van der Waals surface area contributed by atoms with Crippen molar-refractivity contribution in [2.45, 2.75) is 212 Å². The van der Waals surface area contributed by atoms with Crippen LogP contribution >= 0.6 is 15.6 Å². The summed E-state index contributed by atoms with van der Waals surface area (Å²) in [6.07, 6.45) is 27.0. The molecule has 1 aliphatic rings. The Hall–Kier alpha value is -3.06. The van der Waals surface area contributed by atoms with E-state index < -0.39 is 89.8 Å². The summed E-state index contributed by atoms with van der Waals surface area (Å²) in [5.74, 6) is -0.747. The van der Waals surface area contributed by atoms with E-state index in [0.717, 1.165) is 55.2 Å². The van der Waals surface area contributed by atoms with Crippen molar-refractivity contribution < 1.29 is 71.4 Å². The number of rotatable bonds is 41. The summed E-state index contributed by atoms with van der Waals surface area (Å²) in [6, 6.07) is 1.24. The van der Waals surface area contributed by atoms with Crippen LogP contribution < -0.4 is 11.4 Å². The fourth-order valence-electron chi connectivity index (χ4n) is 7.51. The minimum absolute atomic E-state index is 0.0124. The lowest BCUT2D eigenvalue weighted by molar-refractivity contribution is -0.161. The van der Waals surface area contributed by atoms with Gasteiger partial charge in [-0.3, -0.25) is 23.2 Å². The Morgan fingerprint density at radius 2 is 1.40 bits per heavy atom. The number of phosphoric ester groups is 2. The van der Waals surface area contributed by atoms with Crippen molar-refractivity contribution >= 4 is 33.4 Å². The highest BCUT2D eigenvalue weighted by atomic mass is 31.3. The molecule has 402 valence electrons. The number of anilines is 1. The number of hydrogen-bond donors (Lipinski definition) is 6. The van der Waals surface area contributed by atoms with E-state index in [2.05, 4.69) is 42.2 Å². The number of nitrogens with two attached hydrogens (primary N) is 1. The number of aliphatic hydroxyl groups is 3. The zero-order valence-electron chi connectivity index (χ0n) is 41.8. The first kappa shape index (κ1) is 63.1. The number of esters is 2. The predicted molar refractivity (Wildman–Crippen MR) is 267 cm³/mol. The lowest BCUT2D eigenvalue weighted by Crippen LogP contribution is -2.36. The van der Waals surface area contributed by atoms with E-state index in [1.54, 1.807) is 12.2 Å². The molecule has 3 unspecified atom stereocenters. The van der Waals surface area contributed by atoms with E-state index in [-0.39, 0.29) is 31.5 Å². The van der Waals surface area contributed by atoms with Crippen LogP contribution in [0.2, 0.25) is 0 Å². The molecule has 0 spiro atoms. The van der Waals surface area contributed by atoms with E-state index in [0.29, 0.717) is 6.42 Å². The van der Waals surface area contributed by atoms with Gasteiger partial charge in [0.15, 0.2) is 12.3 Å². The van der Waals surface area contributed by atoms with Gasteiger partial charge in [0.1, 0.15) is 30.7 Å². The zero-order valence-corrected chi connectivity index (χ0v) is 43.6. The van der Waals surface area contributed by atoms with Crippen molar-refractivity contribution in [3.8, 4) is 0 Å². The fourth-order valence-corrected chi connectivity index (χ4v) is 9.62. The SMILES string of the molecule is CCCCCCCC/C=C/C/C=C/C=C/C(O)CCCC(=O)OC[C@H](COP(=O)(O)OP(=O)(O)OC[C@H]1O[C@@H](n2ccc(N)nc2=O)[C@H](O)[C@@H]1O)OC(=O)CCCCCCCCCCCCCC(C)C. The van der Waals surface area contributed by atoms with E-state index in [1.165, 1.54) is 89.5 Å². The smallest absolute Gasteiger partial charge is 0.462 e. The zero-order chi connectivity index (χ0) is 51.6. The number of aliphatic hydroxyl groups excluding tert-OH is 3. The molecule has 1 fully saturated rings. The molecule has 1 aromatic heterocycles. The number of hydrogen-bond acceptors (Lipinski definition) is 16.